The lowest BCUT2D eigenvalue weighted by atomic mass is 10.4. The second-order valence-corrected chi connectivity index (χ2v) is 7.89. The number of aliphatic imine (C=N–C) groups is 1. The van der Waals surface area contributed by atoms with Gasteiger partial charge in [-0.1, -0.05) is 6.07 Å². The topological polar surface area (TPSA) is 73.8 Å². The molecule has 2 N–H and O–H groups in total. The standard InChI is InChI=1S/C13H22N4O2S2/c1-2-14-13(16-11-12-5-3-9-20-12)15-6-8-17-7-4-10-21(17,18)19/h3,5,9H,2,4,6-8,10-11H2,1H3,(H2,14,15,16). The van der Waals surface area contributed by atoms with Crippen molar-refractivity contribution in [2.75, 3.05) is 31.9 Å². The highest BCUT2D eigenvalue weighted by molar-refractivity contribution is 7.89. The molecule has 2 heterocycles. The summed E-state index contributed by atoms with van der Waals surface area (Å²) in [6, 6.07) is 4.06. The molecule has 1 fully saturated rings. The first-order valence-corrected chi connectivity index (χ1v) is 9.63. The summed E-state index contributed by atoms with van der Waals surface area (Å²) in [4.78, 5) is 5.70. The van der Waals surface area contributed by atoms with E-state index < -0.39 is 10.0 Å². The van der Waals surface area contributed by atoms with Crippen LogP contribution >= 0.6 is 11.3 Å². The Morgan fingerprint density at radius 3 is 2.95 bits per heavy atom. The van der Waals surface area contributed by atoms with Crippen LogP contribution in [0.4, 0.5) is 0 Å². The van der Waals surface area contributed by atoms with Gasteiger partial charge in [0.2, 0.25) is 10.0 Å². The Hall–Kier alpha value is -1.12. The Kier molecular flexibility index (Phi) is 6.01. The molecule has 0 atom stereocenters. The summed E-state index contributed by atoms with van der Waals surface area (Å²) in [5.41, 5.74) is 0. The lowest BCUT2D eigenvalue weighted by molar-refractivity contribution is 0.445. The molecule has 1 aromatic heterocycles. The lowest BCUT2D eigenvalue weighted by Gasteiger charge is -2.16. The molecule has 1 aliphatic heterocycles. The van der Waals surface area contributed by atoms with Crippen LogP contribution in [0.1, 0.15) is 18.2 Å². The van der Waals surface area contributed by atoms with E-state index in [0.29, 0.717) is 26.2 Å². The smallest absolute Gasteiger partial charge is 0.214 e. The third kappa shape index (κ3) is 4.98. The monoisotopic (exact) mass is 330 g/mol. The van der Waals surface area contributed by atoms with E-state index in [9.17, 15) is 8.42 Å². The van der Waals surface area contributed by atoms with E-state index >= 15 is 0 Å². The van der Waals surface area contributed by atoms with Crippen molar-refractivity contribution in [3.63, 3.8) is 0 Å². The number of hydrogen-bond donors (Lipinski definition) is 2. The third-order valence-electron chi connectivity index (χ3n) is 3.17. The van der Waals surface area contributed by atoms with Crippen LogP contribution in [0.2, 0.25) is 0 Å². The second-order valence-electron chi connectivity index (χ2n) is 4.77. The van der Waals surface area contributed by atoms with Gasteiger partial charge >= 0.3 is 0 Å². The number of nitrogens with zero attached hydrogens (tertiary/aromatic N) is 2. The van der Waals surface area contributed by atoms with E-state index in [2.05, 4.69) is 21.7 Å². The van der Waals surface area contributed by atoms with Crippen LogP contribution in [0.25, 0.3) is 0 Å². The fourth-order valence-corrected chi connectivity index (χ4v) is 4.30. The van der Waals surface area contributed by atoms with Crippen molar-refractivity contribution in [1.82, 2.24) is 14.9 Å². The normalized spacial score (nSPS) is 18.8. The van der Waals surface area contributed by atoms with Crippen molar-refractivity contribution in [3.05, 3.63) is 22.4 Å². The second kappa shape index (κ2) is 7.77. The molecule has 0 amide bonds. The molecule has 1 saturated heterocycles. The average Bonchev–Trinajstić information content (AvgIpc) is 3.06. The van der Waals surface area contributed by atoms with Gasteiger partial charge in [0.15, 0.2) is 5.96 Å². The van der Waals surface area contributed by atoms with Gasteiger partial charge in [-0.2, -0.15) is 0 Å². The molecule has 2 rings (SSSR count). The van der Waals surface area contributed by atoms with Crippen molar-refractivity contribution in [2.45, 2.75) is 19.9 Å². The van der Waals surface area contributed by atoms with Crippen LogP contribution < -0.4 is 10.6 Å². The molecule has 8 heteroatoms. The summed E-state index contributed by atoms with van der Waals surface area (Å²) >= 11 is 1.68. The van der Waals surface area contributed by atoms with Crippen molar-refractivity contribution in [2.24, 2.45) is 4.99 Å². The fourth-order valence-electron chi connectivity index (χ4n) is 2.14. The predicted molar refractivity (Wildman–Crippen MR) is 87.1 cm³/mol. The molecule has 0 spiro atoms. The van der Waals surface area contributed by atoms with Gasteiger partial charge in [0.1, 0.15) is 0 Å². The zero-order valence-electron chi connectivity index (χ0n) is 12.2. The summed E-state index contributed by atoms with van der Waals surface area (Å²) < 4.78 is 24.9. The van der Waals surface area contributed by atoms with Crippen LogP contribution in [0.15, 0.2) is 22.5 Å². The summed E-state index contributed by atoms with van der Waals surface area (Å²) in [7, 11) is -3.01. The van der Waals surface area contributed by atoms with Gasteiger partial charge in [-0.15, -0.1) is 11.3 Å². The molecule has 118 valence electrons. The van der Waals surface area contributed by atoms with Crippen LogP contribution in [-0.2, 0) is 16.6 Å². The molecule has 1 aromatic rings. The van der Waals surface area contributed by atoms with Gasteiger partial charge < -0.3 is 10.6 Å². The Bertz CT molecular complexity index is 555. The molecular weight excluding hydrogens is 308 g/mol. The number of thiophene rings is 1. The number of rotatable bonds is 6. The van der Waals surface area contributed by atoms with E-state index in [1.165, 1.54) is 4.88 Å². The molecule has 1 aliphatic rings. The predicted octanol–water partition coefficient (Wildman–Crippen LogP) is 0.839. The summed E-state index contributed by atoms with van der Waals surface area (Å²) in [6.45, 7) is 5.11. The quantitative estimate of drug-likeness (QED) is 0.599. The number of nitrogens with one attached hydrogen (secondary N) is 2. The Labute approximate surface area is 130 Å². The van der Waals surface area contributed by atoms with Crippen molar-refractivity contribution >= 4 is 27.3 Å². The van der Waals surface area contributed by atoms with Gasteiger partial charge in [0.05, 0.1) is 12.3 Å². The van der Waals surface area contributed by atoms with Crippen LogP contribution in [0.5, 0.6) is 0 Å². The SMILES string of the molecule is CCNC(=NCc1cccs1)NCCN1CCCS1(=O)=O. The molecule has 0 saturated carbocycles. The zero-order valence-corrected chi connectivity index (χ0v) is 13.8. The maximum absolute atomic E-state index is 11.7. The maximum atomic E-state index is 11.7. The van der Waals surface area contributed by atoms with Crippen molar-refractivity contribution in [1.29, 1.82) is 0 Å². The van der Waals surface area contributed by atoms with E-state index in [1.807, 2.05) is 18.4 Å². The molecule has 6 nitrogen and oxygen atoms in total. The van der Waals surface area contributed by atoms with Crippen molar-refractivity contribution in [3.8, 4) is 0 Å². The van der Waals surface area contributed by atoms with Gasteiger partial charge in [-0.3, -0.25) is 0 Å². The van der Waals surface area contributed by atoms with Gasteiger partial charge in [-0.25, -0.2) is 17.7 Å². The number of hydrogen-bond acceptors (Lipinski definition) is 4. The van der Waals surface area contributed by atoms with E-state index in [4.69, 9.17) is 0 Å². The van der Waals surface area contributed by atoms with E-state index in [1.54, 1.807) is 15.6 Å². The molecule has 0 unspecified atom stereocenters. The number of guanidine groups is 1. The van der Waals surface area contributed by atoms with Crippen LogP contribution in [0, 0.1) is 0 Å². The minimum Gasteiger partial charge on any atom is -0.357 e. The molecule has 0 radical (unpaired) electrons. The first kappa shape index (κ1) is 16.3. The van der Waals surface area contributed by atoms with Gasteiger partial charge in [0, 0.05) is 31.1 Å². The Balaban J connectivity index is 1.81. The molecule has 0 aromatic carbocycles. The molecular formula is C13H22N4O2S2. The maximum Gasteiger partial charge on any atom is 0.214 e. The molecule has 0 bridgehead atoms. The highest BCUT2D eigenvalue weighted by Crippen LogP contribution is 2.12. The van der Waals surface area contributed by atoms with E-state index in [0.717, 1.165) is 18.9 Å². The third-order valence-corrected chi connectivity index (χ3v) is 5.99. The largest absolute Gasteiger partial charge is 0.357 e. The van der Waals surface area contributed by atoms with E-state index in [-0.39, 0.29) is 5.75 Å². The number of sulfonamides is 1. The van der Waals surface area contributed by atoms with Crippen LogP contribution in [-0.4, -0.2) is 50.6 Å². The van der Waals surface area contributed by atoms with Gasteiger partial charge in [-0.05, 0) is 24.8 Å². The zero-order chi connectivity index (χ0) is 15.1. The van der Waals surface area contributed by atoms with Crippen LogP contribution in [0.3, 0.4) is 0 Å². The van der Waals surface area contributed by atoms with Crippen molar-refractivity contribution < 1.29 is 8.42 Å². The first-order valence-electron chi connectivity index (χ1n) is 7.14. The first-order chi connectivity index (χ1) is 10.1. The highest BCUT2D eigenvalue weighted by atomic mass is 32.2. The minimum absolute atomic E-state index is 0.277. The Morgan fingerprint density at radius 2 is 2.33 bits per heavy atom. The summed E-state index contributed by atoms with van der Waals surface area (Å²) in [6.07, 6.45) is 0.731. The lowest BCUT2D eigenvalue weighted by Crippen LogP contribution is -2.42. The molecule has 21 heavy (non-hydrogen) atoms. The highest BCUT2D eigenvalue weighted by Gasteiger charge is 2.27. The summed E-state index contributed by atoms with van der Waals surface area (Å²) in [5, 5.41) is 8.38. The summed E-state index contributed by atoms with van der Waals surface area (Å²) in [5.74, 6) is 1.00. The average molecular weight is 330 g/mol. The minimum atomic E-state index is -3.01. The Morgan fingerprint density at radius 1 is 1.48 bits per heavy atom. The van der Waals surface area contributed by atoms with Gasteiger partial charge in [0.25, 0.3) is 0 Å². The fraction of sp³-hybridized carbons (Fsp3) is 0.615. The molecule has 0 aliphatic carbocycles.